The molecule has 0 saturated heterocycles. The van der Waals surface area contributed by atoms with Crippen LogP contribution in [0.4, 0.5) is 5.69 Å². The number of aromatic carboxylic acids is 1. The second-order valence-electron chi connectivity index (χ2n) is 6.38. The van der Waals surface area contributed by atoms with Crippen LogP contribution in [0.25, 0.3) is 0 Å². The molecule has 1 amide bonds. The molecule has 3 rings (SSSR count). The molecule has 8 heteroatoms. The van der Waals surface area contributed by atoms with Crippen molar-refractivity contribution in [2.45, 2.75) is 19.4 Å². The van der Waals surface area contributed by atoms with Gasteiger partial charge in [0.25, 0.3) is 5.91 Å². The van der Waals surface area contributed by atoms with E-state index in [0.717, 1.165) is 12.8 Å². The van der Waals surface area contributed by atoms with E-state index in [0.29, 0.717) is 29.7 Å². The zero-order valence-corrected chi connectivity index (χ0v) is 15.5. The minimum Gasteiger partial charge on any atom is -0.478 e. The fraction of sp³-hybridized carbons (Fsp3) is 0.316. The molecule has 1 fully saturated rings. The molecule has 7 nitrogen and oxygen atoms in total. The molecule has 1 saturated carbocycles. The molecule has 1 aromatic carbocycles. The SMILES string of the molecule is COCc1cc(NC(=O)c2cnc(OCC3CC3)c(Cl)c2)cc(C(=O)O)c1. The third-order valence-corrected chi connectivity index (χ3v) is 4.30. The highest BCUT2D eigenvalue weighted by molar-refractivity contribution is 6.32. The Kier molecular flexibility index (Phi) is 5.93. The number of halogens is 1. The number of carboxylic acids is 1. The molecule has 1 aromatic heterocycles. The fourth-order valence-corrected chi connectivity index (χ4v) is 2.70. The molecule has 2 N–H and O–H groups in total. The summed E-state index contributed by atoms with van der Waals surface area (Å²) in [5, 5.41) is 12.1. The maximum Gasteiger partial charge on any atom is 0.335 e. The number of methoxy groups -OCH3 is 1. The number of carboxylic acid groups (broad SMARTS) is 1. The maximum atomic E-state index is 12.5. The summed E-state index contributed by atoms with van der Waals surface area (Å²) in [6.07, 6.45) is 3.68. The monoisotopic (exact) mass is 390 g/mol. The van der Waals surface area contributed by atoms with E-state index in [-0.39, 0.29) is 22.8 Å². The summed E-state index contributed by atoms with van der Waals surface area (Å²) in [5.74, 6) is -0.682. The lowest BCUT2D eigenvalue weighted by atomic mass is 10.1. The molecular weight excluding hydrogens is 372 g/mol. The number of hydrogen-bond acceptors (Lipinski definition) is 5. The standard InChI is InChI=1S/C19H19ClN2O5/c1-26-9-12-4-13(19(24)25)6-15(5-12)22-17(23)14-7-16(20)18(21-8-14)27-10-11-2-3-11/h4-8,11H,2-3,9-10H2,1H3,(H,22,23)(H,24,25). The average Bonchev–Trinajstić information content (AvgIpc) is 3.45. The van der Waals surface area contributed by atoms with Crippen molar-refractivity contribution in [1.29, 1.82) is 0 Å². The molecule has 0 atom stereocenters. The van der Waals surface area contributed by atoms with E-state index in [2.05, 4.69) is 10.3 Å². The van der Waals surface area contributed by atoms with Crippen LogP contribution >= 0.6 is 11.6 Å². The van der Waals surface area contributed by atoms with E-state index >= 15 is 0 Å². The van der Waals surface area contributed by atoms with Crippen molar-refractivity contribution in [2.75, 3.05) is 19.0 Å². The van der Waals surface area contributed by atoms with Crippen LogP contribution in [-0.2, 0) is 11.3 Å². The van der Waals surface area contributed by atoms with Gasteiger partial charge < -0.3 is 19.9 Å². The molecule has 0 spiro atoms. The Bertz CT molecular complexity index is 867. The highest BCUT2D eigenvalue weighted by Gasteiger charge is 2.23. The molecule has 1 heterocycles. The summed E-state index contributed by atoms with van der Waals surface area (Å²) in [6, 6.07) is 5.99. The van der Waals surface area contributed by atoms with Gasteiger partial charge in [0, 0.05) is 19.0 Å². The number of anilines is 1. The molecule has 0 bridgehead atoms. The number of ether oxygens (including phenoxy) is 2. The Morgan fingerprint density at radius 1 is 1.26 bits per heavy atom. The van der Waals surface area contributed by atoms with Crippen molar-refractivity contribution in [3.8, 4) is 5.88 Å². The van der Waals surface area contributed by atoms with E-state index in [9.17, 15) is 14.7 Å². The third-order valence-electron chi connectivity index (χ3n) is 4.03. The summed E-state index contributed by atoms with van der Waals surface area (Å²) in [6.45, 7) is 0.799. The number of carbonyl (C=O) groups excluding carboxylic acids is 1. The number of rotatable bonds is 8. The molecule has 2 aromatic rings. The molecule has 0 unspecified atom stereocenters. The Hall–Kier alpha value is -2.64. The number of nitrogens with zero attached hydrogens (tertiary/aromatic N) is 1. The van der Waals surface area contributed by atoms with Crippen LogP contribution in [0.5, 0.6) is 5.88 Å². The molecule has 0 radical (unpaired) electrons. The predicted molar refractivity (Wildman–Crippen MR) is 99.5 cm³/mol. The molecule has 1 aliphatic carbocycles. The van der Waals surface area contributed by atoms with Crippen LogP contribution in [0.2, 0.25) is 5.02 Å². The van der Waals surface area contributed by atoms with E-state index in [4.69, 9.17) is 21.1 Å². The second-order valence-corrected chi connectivity index (χ2v) is 6.78. The number of amides is 1. The van der Waals surface area contributed by atoms with Gasteiger partial charge in [-0.2, -0.15) is 0 Å². The van der Waals surface area contributed by atoms with Crippen LogP contribution in [0, 0.1) is 5.92 Å². The number of aromatic nitrogens is 1. The predicted octanol–water partition coefficient (Wildman–Crippen LogP) is 3.62. The number of benzene rings is 1. The number of carbonyl (C=O) groups is 2. The van der Waals surface area contributed by atoms with Crippen LogP contribution < -0.4 is 10.1 Å². The first-order valence-electron chi connectivity index (χ1n) is 8.42. The van der Waals surface area contributed by atoms with E-state index in [1.54, 1.807) is 6.07 Å². The van der Waals surface area contributed by atoms with Crippen molar-refractivity contribution in [3.05, 3.63) is 52.2 Å². The summed E-state index contributed by atoms with van der Waals surface area (Å²) >= 11 is 6.15. The van der Waals surface area contributed by atoms with E-state index in [1.807, 2.05) is 0 Å². The number of pyridine rings is 1. The topological polar surface area (TPSA) is 97.8 Å². The quantitative estimate of drug-likeness (QED) is 0.714. The zero-order valence-electron chi connectivity index (χ0n) is 14.7. The average molecular weight is 391 g/mol. The molecule has 142 valence electrons. The summed E-state index contributed by atoms with van der Waals surface area (Å²) < 4.78 is 10.6. The van der Waals surface area contributed by atoms with Gasteiger partial charge in [-0.1, -0.05) is 11.6 Å². The summed E-state index contributed by atoms with van der Waals surface area (Å²) in [4.78, 5) is 27.8. The lowest BCUT2D eigenvalue weighted by Gasteiger charge is -2.10. The van der Waals surface area contributed by atoms with E-state index in [1.165, 1.54) is 31.5 Å². The molecular formula is C19H19ClN2O5. The van der Waals surface area contributed by atoms with E-state index < -0.39 is 11.9 Å². The number of nitrogens with one attached hydrogen (secondary N) is 1. The first-order chi connectivity index (χ1) is 13.0. The normalized spacial score (nSPS) is 13.3. The first-order valence-corrected chi connectivity index (χ1v) is 8.80. The van der Waals surface area contributed by atoms with Gasteiger partial charge in [0.2, 0.25) is 5.88 Å². The molecule has 27 heavy (non-hydrogen) atoms. The fourth-order valence-electron chi connectivity index (χ4n) is 2.48. The van der Waals surface area contributed by atoms with Crippen LogP contribution in [-0.4, -0.2) is 35.7 Å². The lowest BCUT2D eigenvalue weighted by Crippen LogP contribution is -2.14. The lowest BCUT2D eigenvalue weighted by molar-refractivity contribution is 0.0696. The van der Waals surface area contributed by atoms with Gasteiger partial charge in [-0.05, 0) is 48.6 Å². The van der Waals surface area contributed by atoms with Crippen molar-refractivity contribution < 1.29 is 24.2 Å². The van der Waals surface area contributed by atoms with Crippen molar-refractivity contribution in [2.24, 2.45) is 5.92 Å². The first kappa shape index (κ1) is 19.1. The summed E-state index contributed by atoms with van der Waals surface area (Å²) in [7, 11) is 1.51. The van der Waals surface area contributed by atoms with Gasteiger partial charge in [0.15, 0.2) is 0 Å². The largest absolute Gasteiger partial charge is 0.478 e. The van der Waals surface area contributed by atoms with Gasteiger partial charge >= 0.3 is 5.97 Å². The van der Waals surface area contributed by atoms with Crippen molar-refractivity contribution in [3.63, 3.8) is 0 Å². The van der Waals surface area contributed by atoms with Gasteiger partial charge in [-0.15, -0.1) is 0 Å². The highest BCUT2D eigenvalue weighted by Crippen LogP contribution is 2.31. The van der Waals surface area contributed by atoms with Gasteiger partial charge in [-0.25, -0.2) is 9.78 Å². The minimum atomic E-state index is -1.09. The van der Waals surface area contributed by atoms with Crippen LogP contribution in [0.3, 0.4) is 0 Å². The minimum absolute atomic E-state index is 0.0554. The number of hydrogen-bond donors (Lipinski definition) is 2. The van der Waals surface area contributed by atoms with Gasteiger partial charge in [0.1, 0.15) is 5.02 Å². The van der Waals surface area contributed by atoms with Gasteiger partial charge in [0.05, 0.1) is 24.3 Å². The second kappa shape index (κ2) is 8.37. The Balaban J connectivity index is 1.74. The molecule has 1 aliphatic rings. The van der Waals surface area contributed by atoms with Crippen molar-refractivity contribution >= 4 is 29.2 Å². The Morgan fingerprint density at radius 2 is 2.04 bits per heavy atom. The highest BCUT2D eigenvalue weighted by atomic mass is 35.5. The Labute approximate surface area is 161 Å². The van der Waals surface area contributed by atoms with Crippen molar-refractivity contribution in [1.82, 2.24) is 4.98 Å². The maximum absolute atomic E-state index is 12.5. The van der Waals surface area contributed by atoms with Crippen LogP contribution in [0.15, 0.2) is 30.5 Å². The third kappa shape index (κ3) is 5.18. The molecule has 0 aliphatic heterocycles. The van der Waals surface area contributed by atoms with Gasteiger partial charge in [-0.3, -0.25) is 4.79 Å². The summed E-state index contributed by atoms with van der Waals surface area (Å²) in [5.41, 5.74) is 1.28. The zero-order chi connectivity index (χ0) is 19.4. The smallest absolute Gasteiger partial charge is 0.335 e. The Morgan fingerprint density at radius 3 is 2.67 bits per heavy atom. The van der Waals surface area contributed by atoms with Crippen LogP contribution in [0.1, 0.15) is 39.1 Å².